The summed E-state index contributed by atoms with van der Waals surface area (Å²) in [7, 11) is -0.755. The Morgan fingerprint density at radius 2 is 1.80 bits per heavy atom. The quantitative estimate of drug-likeness (QED) is 0.559. The Bertz CT molecular complexity index is 1170. The molecule has 4 rings (SSSR count). The molecule has 1 aliphatic heterocycles. The molecule has 3 aromatic rings. The van der Waals surface area contributed by atoms with E-state index in [-0.39, 0.29) is 4.90 Å². The summed E-state index contributed by atoms with van der Waals surface area (Å²) in [5.74, 6) is 1.06. The first kappa shape index (κ1) is 20.4. The van der Waals surface area contributed by atoms with Gasteiger partial charge in [0.1, 0.15) is 0 Å². The van der Waals surface area contributed by atoms with Crippen molar-refractivity contribution in [1.29, 1.82) is 0 Å². The average Bonchev–Trinajstić information content (AvgIpc) is 3.43. The van der Waals surface area contributed by atoms with Crippen LogP contribution in [0.15, 0.2) is 70.0 Å². The molecule has 2 aromatic carbocycles. The van der Waals surface area contributed by atoms with E-state index in [1.165, 1.54) is 15.8 Å². The molecule has 0 fully saturated rings. The predicted molar refractivity (Wildman–Crippen MR) is 118 cm³/mol. The van der Waals surface area contributed by atoms with Gasteiger partial charge in [0.15, 0.2) is 11.5 Å². The molecule has 30 heavy (non-hydrogen) atoms. The van der Waals surface area contributed by atoms with Crippen LogP contribution in [0.4, 0.5) is 0 Å². The molecule has 156 valence electrons. The number of aryl methyl sites for hydroxylation is 1. The molecule has 0 saturated heterocycles. The van der Waals surface area contributed by atoms with E-state index in [9.17, 15) is 8.42 Å². The topological polar surface area (TPSA) is 68.2 Å². The van der Waals surface area contributed by atoms with Crippen molar-refractivity contribution in [2.45, 2.75) is 24.3 Å². The second-order valence-electron chi connectivity index (χ2n) is 6.92. The van der Waals surface area contributed by atoms with Gasteiger partial charge in [0.2, 0.25) is 0 Å². The number of hydrogen-bond donors (Lipinski definition) is 0. The van der Waals surface area contributed by atoms with E-state index in [4.69, 9.17) is 9.47 Å². The number of hydrazone groups is 1. The Morgan fingerprint density at radius 1 is 1.03 bits per heavy atom. The van der Waals surface area contributed by atoms with Crippen LogP contribution in [0.25, 0.3) is 0 Å². The highest BCUT2D eigenvalue weighted by atomic mass is 32.2. The summed E-state index contributed by atoms with van der Waals surface area (Å²) in [4.78, 5) is 1.15. The lowest BCUT2D eigenvalue weighted by molar-refractivity contribution is 0.328. The number of methoxy groups -OCH3 is 2. The summed E-state index contributed by atoms with van der Waals surface area (Å²) in [6.07, 6.45) is 0.440. The van der Waals surface area contributed by atoms with E-state index in [2.05, 4.69) is 5.10 Å². The average molecular weight is 443 g/mol. The highest BCUT2D eigenvalue weighted by Gasteiger charge is 2.39. The summed E-state index contributed by atoms with van der Waals surface area (Å²) in [5, 5.41) is 6.52. The zero-order valence-electron chi connectivity index (χ0n) is 16.9. The highest BCUT2D eigenvalue weighted by Crippen LogP contribution is 2.44. The summed E-state index contributed by atoms with van der Waals surface area (Å²) in [6.45, 7) is 1.92. The number of thiophene rings is 1. The molecule has 0 spiro atoms. The molecule has 1 aliphatic rings. The van der Waals surface area contributed by atoms with E-state index >= 15 is 0 Å². The Morgan fingerprint density at radius 3 is 2.43 bits per heavy atom. The smallest absolute Gasteiger partial charge is 0.279 e. The second-order valence-corrected chi connectivity index (χ2v) is 9.66. The Kier molecular flexibility index (Phi) is 5.53. The lowest BCUT2D eigenvalue weighted by atomic mass is 10.0. The minimum atomic E-state index is -3.87. The number of nitrogens with zero attached hydrogens (tertiary/aromatic N) is 2. The molecular weight excluding hydrogens is 420 g/mol. The van der Waals surface area contributed by atoms with Gasteiger partial charge >= 0.3 is 0 Å². The van der Waals surface area contributed by atoms with Gasteiger partial charge in [-0.2, -0.15) is 17.9 Å². The van der Waals surface area contributed by atoms with Crippen molar-refractivity contribution in [3.63, 3.8) is 0 Å². The first-order chi connectivity index (χ1) is 14.5. The molecule has 1 atom stereocenters. The van der Waals surface area contributed by atoms with Crippen LogP contribution in [0.3, 0.4) is 0 Å². The van der Waals surface area contributed by atoms with Crippen LogP contribution in [0.2, 0.25) is 0 Å². The number of benzene rings is 2. The normalized spacial score (nSPS) is 16.4. The summed E-state index contributed by atoms with van der Waals surface area (Å²) < 4.78 is 39.3. The van der Waals surface area contributed by atoms with Crippen molar-refractivity contribution in [2.75, 3.05) is 14.2 Å². The van der Waals surface area contributed by atoms with Crippen molar-refractivity contribution in [3.8, 4) is 11.5 Å². The Balaban J connectivity index is 1.85. The van der Waals surface area contributed by atoms with Crippen molar-refractivity contribution in [1.82, 2.24) is 4.41 Å². The molecule has 0 N–H and O–H groups in total. The summed E-state index contributed by atoms with van der Waals surface area (Å²) >= 11 is 1.54. The van der Waals surface area contributed by atoms with Crippen LogP contribution >= 0.6 is 11.3 Å². The van der Waals surface area contributed by atoms with Gasteiger partial charge in [-0.15, -0.1) is 11.3 Å². The van der Waals surface area contributed by atoms with Crippen LogP contribution in [0.1, 0.15) is 28.5 Å². The van der Waals surface area contributed by atoms with Gasteiger partial charge in [0, 0.05) is 12.0 Å². The van der Waals surface area contributed by atoms with Crippen molar-refractivity contribution in [3.05, 3.63) is 76.0 Å². The van der Waals surface area contributed by atoms with Gasteiger partial charge in [-0.1, -0.05) is 35.9 Å². The van der Waals surface area contributed by atoms with Gasteiger partial charge in [-0.05, 0) is 36.6 Å². The standard InChI is InChI=1S/C22H22N2O4S2/c1-15-9-11-16(12-10-15)30(25,26)24-19(14-18(23-24)21-8-5-13-29-21)17-6-4-7-20(27-2)22(17)28-3/h4-13,19H,14H2,1-3H3/t19-/m0/s1. The van der Waals surface area contributed by atoms with Crippen molar-refractivity contribution in [2.24, 2.45) is 5.10 Å². The highest BCUT2D eigenvalue weighted by molar-refractivity contribution is 7.89. The molecule has 2 heterocycles. The first-order valence-electron chi connectivity index (χ1n) is 9.39. The molecule has 0 radical (unpaired) electrons. The fourth-order valence-corrected chi connectivity index (χ4v) is 5.67. The Hall–Kier alpha value is -2.84. The fourth-order valence-electron chi connectivity index (χ4n) is 3.53. The van der Waals surface area contributed by atoms with Gasteiger partial charge < -0.3 is 9.47 Å². The third-order valence-electron chi connectivity index (χ3n) is 5.04. The molecule has 0 amide bonds. The fraction of sp³-hybridized carbons (Fsp3) is 0.227. The van der Waals surface area contributed by atoms with Crippen LogP contribution < -0.4 is 9.47 Å². The number of para-hydroxylation sites is 1. The van der Waals surface area contributed by atoms with E-state index in [0.717, 1.165) is 16.2 Å². The molecule has 0 saturated carbocycles. The molecule has 0 bridgehead atoms. The van der Waals surface area contributed by atoms with Crippen molar-refractivity contribution < 1.29 is 17.9 Å². The van der Waals surface area contributed by atoms with Crippen molar-refractivity contribution >= 4 is 27.1 Å². The predicted octanol–water partition coefficient (Wildman–Crippen LogP) is 4.61. The zero-order valence-corrected chi connectivity index (χ0v) is 18.5. The van der Waals surface area contributed by atoms with E-state index in [1.807, 2.05) is 36.6 Å². The molecule has 1 aromatic heterocycles. The van der Waals surface area contributed by atoms with Gasteiger partial charge in [-0.25, -0.2) is 0 Å². The molecule has 0 aliphatic carbocycles. The summed E-state index contributed by atoms with van der Waals surface area (Å²) in [6, 6.07) is 15.6. The van der Waals surface area contributed by atoms with Gasteiger partial charge in [0.25, 0.3) is 10.0 Å². The van der Waals surface area contributed by atoms with Crippen LogP contribution in [0.5, 0.6) is 11.5 Å². The van der Waals surface area contributed by atoms with E-state index in [1.54, 1.807) is 44.6 Å². The number of hydrogen-bond acceptors (Lipinski definition) is 6. The maximum atomic E-state index is 13.5. The van der Waals surface area contributed by atoms with Crippen LogP contribution in [-0.2, 0) is 10.0 Å². The maximum Gasteiger partial charge on any atom is 0.279 e. The summed E-state index contributed by atoms with van der Waals surface area (Å²) in [5.41, 5.74) is 2.43. The third kappa shape index (κ3) is 3.57. The zero-order chi connectivity index (χ0) is 21.3. The first-order valence-corrected chi connectivity index (χ1v) is 11.7. The third-order valence-corrected chi connectivity index (χ3v) is 7.65. The number of sulfonamides is 1. The minimum Gasteiger partial charge on any atom is -0.493 e. The van der Waals surface area contributed by atoms with E-state index < -0.39 is 16.1 Å². The minimum absolute atomic E-state index is 0.205. The largest absolute Gasteiger partial charge is 0.493 e. The molecule has 6 nitrogen and oxygen atoms in total. The molecular formula is C22H22N2O4S2. The monoisotopic (exact) mass is 442 g/mol. The van der Waals surface area contributed by atoms with Gasteiger partial charge in [0.05, 0.1) is 35.7 Å². The van der Waals surface area contributed by atoms with E-state index in [0.29, 0.717) is 23.5 Å². The van der Waals surface area contributed by atoms with Crippen LogP contribution in [-0.4, -0.2) is 32.8 Å². The molecule has 0 unspecified atom stereocenters. The number of rotatable bonds is 6. The maximum absolute atomic E-state index is 13.5. The van der Waals surface area contributed by atoms with Gasteiger partial charge in [-0.3, -0.25) is 0 Å². The Labute approximate surface area is 180 Å². The molecule has 8 heteroatoms. The lowest BCUT2D eigenvalue weighted by Gasteiger charge is -2.25. The van der Waals surface area contributed by atoms with Crippen LogP contribution in [0, 0.1) is 6.92 Å². The second kappa shape index (κ2) is 8.12. The number of ether oxygens (including phenoxy) is 2. The SMILES string of the molecule is COc1cccc([C@@H]2CC(c3cccs3)=NN2S(=O)(=O)c2ccc(C)cc2)c1OC. The lowest BCUT2D eigenvalue weighted by Crippen LogP contribution is -2.27.